The number of thiophene rings is 1. The van der Waals surface area contributed by atoms with Crippen LogP contribution in [0.15, 0.2) is 40.6 Å². The van der Waals surface area contributed by atoms with Gasteiger partial charge in [-0.15, -0.1) is 11.3 Å². The summed E-state index contributed by atoms with van der Waals surface area (Å²) in [6.45, 7) is 0.592. The second-order valence-electron chi connectivity index (χ2n) is 6.49. The number of rotatable bonds is 6. The number of thiazole rings is 1. The standard InChI is InChI=1S/C18H18N2O3S3/c1-26(22,23)14-6-7-15-16(11-14)25-18(19-15)20(17(21)12-4-5-12)9-8-13-3-2-10-24-13/h2-3,6-7,10-12H,4-5,8-9H2,1H3. The third kappa shape index (κ3) is 3.67. The Morgan fingerprint density at radius 3 is 2.77 bits per heavy atom. The normalized spacial score (nSPS) is 14.7. The maximum Gasteiger partial charge on any atom is 0.231 e. The Labute approximate surface area is 160 Å². The van der Waals surface area contributed by atoms with Gasteiger partial charge in [-0.1, -0.05) is 17.4 Å². The van der Waals surface area contributed by atoms with Gasteiger partial charge in [-0.2, -0.15) is 0 Å². The van der Waals surface area contributed by atoms with E-state index in [1.807, 2.05) is 11.4 Å². The number of aromatic nitrogens is 1. The van der Waals surface area contributed by atoms with Crippen molar-refractivity contribution in [3.63, 3.8) is 0 Å². The predicted octanol–water partition coefficient (Wildman–Crippen LogP) is 3.75. The summed E-state index contributed by atoms with van der Waals surface area (Å²) in [4.78, 5) is 20.7. The van der Waals surface area contributed by atoms with Crippen molar-refractivity contribution in [2.75, 3.05) is 17.7 Å². The monoisotopic (exact) mass is 406 g/mol. The van der Waals surface area contributed by atoms with E-state index < -0.39 is 9.84 Å². The lowest BCUT2D eigenvalue weighted by molar-refractivity contribution is -0.119. The number of sulfone groups is 1. The quantitative estimate of drug-likeness (QED) is 0.625. The second kappa shape index (κ2) is 6.75. The average Bonchev–Trinajstić information content (AvgIpc) is 3.15. The van der Waals surface area contributed by atoms with Crippen molar-refractivity contribution in [3.05, 3.63) is 40.6 Å². The minimum absolute atomic E-state index is 0.108. The molecule has 0 spiro atoms. The minimum Gasteiger partial charge on any atom is -0.287 e. The van der Waals surface area contributed by atoms with Gasteiger partial charge in [-0.05, 0) is 48.9 Å². The van der Waals surface area contributed by atoms with Gasteiger partial charge in [0.05, 0.1) is 15.1 Å². The first-order chi connectivity index (χ1) is 12.4. The molecule has 1 aliphatic carbocycles. The van der Waals surface area contributed by atoms with Crippen molar-refractivity contribution < 1.29 is 13.2 Å². The summed E-state index contributed by atoms with van der Waals surface area (Å²) < 4.78 is 24.3. The third-order valence-electron chi connectivity index (χ3n) is 4.36. The molecule has 136 valence electrons. The Bertz CT molecular complexity index is 1050. The fourth-order valence-corrected chi connectivity index (χ4v) is 5.22. The molecule has 0 N–H and O–H groups in total. The molecule has 2 heterocycles. The molecular weight excluding hydrogens is 388 g/mol. The largest absolute Gasteiger partial charge is 0.287 e. The van der Waals surface area contributed by atoms with Crippen LogP contribution in [0, 0.1) is 5.92 Å². The summed E-state index contributed by atoms with van der Waals surface area (Å²) in [6.07, 6.45) is 3.87. The van der Waals surface area contributed by atoms with E-state index in [0.717, 1.165) is 29.5 Å². The van der Waals surface area contributed by atoms with E-state index in [4.69, 9.17) is 0 Å². The number of nitrogens with zero attached hydrogens (tertiary/aromatic N) is 2. The van der Waals surface area contributed by atoms with E-state index in [0.29, 0.717) is 11.7 Å². The zero-order valence-electron chi connectivity index (χ0n) is 14.2. The summed E-state index contributed by atoms with van der Waals surface area (Å²) in [6, 6.07) is 9.01. The van der Waals surface area contributed by atoms with Crippen molar-refractivity contribution >= 4 is 53.8 Å². The molecule has 3 aromatic rings. The van der Waals surface area contributed by atoms with Gasteiger partial charge in [-0.3, -0.25) is 9.69 Å². The van der Waals surface area contributed by atoms with Crippen LogP contribution < -0.4 is 4.90 Å². The van der Waals surface area contributed by atoms with E-state index in [1.165, 1.54) is 22.5 Å². The van der Waals surface area contributed by atoms with Gasteiger partial charge in [0.15, 0.2) is 15.0 Å². The Kier molecular flexibility index (Phi) is 4.58. The summed E-state index contributed by atoms with van der Waals surface area (Å²) in [7, 11) is -3.27. The first-order valence-corrected chi connectivity index (χ1v) is 11.9. The number of anilines is 1. The van der Waals surface area contributed by atoms with Crippen LogP contribution in [0.25, 0.3) is 10.2 Å². The number of carbonyl (C=O) groups is 1. The van der Waals surface area contributed by atoms with Gasteiger partial charge in [0.25, 0.3) is 0 Å². The summed E-state index contributed by atoms with van der Waals surface area (Å²) >= 11 is 3.06. The predicted molar refractivity (Wildman–Crippen MR) is 106 cm³/mol. The molecule has 1 saturated carbocycles. The van der Waals surface area contributed by atoms with Gasteiger partial charge < -0.3 is 0 Å². The maximum absolute atomic E-state index is 12.8. The molecule has 5 nitrogen and oxygen atoms in total. The number of amides is 1. The molecular formula is C18H18N2O3S3. The highest BCUT2D eigenvalue weighted by molar-refractivity contribution is 7.90. The molecule has 0 atom stereocenters. The molecule has 0 aliphatic heterocycles. The summed E-state index contributed by atoms with van der Waals surface area (Å²) in [5, 5.41) is 2.69. The van der Waals surface area contributed by atoms with E-state index in [9.17, 15) is 13.2 Å². The Hall–Kier alpha value is -1.77. The molecule has 0 radical (unpaired) electrons. The van der Waals surface area contributed by atoms with Gasteiger partial charge in [-0.25, -0.2) is 13.4 Å². The zero-order chi connectivity index (χ0) is 18.3. The molecule has 26 heavy (non-hydrogen) atoms. The fraction of sp³-hybridized carbons (Fsp3) is 0.333. The van der Waals surface area contributed by atoms with Crippen molar-refractivity contribution in [2.24, 2.45) is 5.92 Å². The van der Waals surface area contributed by atoms with Crippen LogP contribution in [0.4, 0.5) is 5.13 Å². The first kappa shape index (κ1) is 17.6. The number of fused-ring (bicyclic) bond motifs is 1. The molecule has 1 fully saturated rings. The van der Waals surface area contributed by atoms with Crippen LogP contribution in [-0.2, 0) is 21.1 Å². The maximum atomic E-state index is 12.8. The van der Waals surface area contributed by atoms with Crippen LogP contribution in [0.5, 0.6) is 0 Å². The van der Waals surface area contributed by atoms with Crippen LogP contribution in [0.1, 0.15) is 17.7 Å². The lowest BCUT2D eigenvalue weighted by atomic mass is 10.3. The highest BCUT2D eigenvalue weighted by Gasteiger charge is 2.35. The Morgan fingerprint density at radius 1 is 1.31 bits per heavy atom. The molecule has 1 amide bonds. The van der Waals surface area contributed by atoms with Crippen LogP contribution in [0.2, 0.25) is 0 Å². The van der Waals surface area contributed by atoms with E-state index in [-0.39, 0.29) is 16.7 Å². The molecule has 1 aliphatic rings. The second-order valence-corrected chi connectivity index (χ2v) is 10.5. The lowest BCUT2D eigenvalue weighted by Crippen LogP contribution is -2.33. The van der Waals surface area contributed by atoms with Gasteiger partial charge in [0.2, 0.25) is 5.91 Å². The van der Waals surface area contributed by atoms with Crippen molar-refractivity contribution in [3.8, 4) is 0 Å². The number of hydrogen-bond donors (Lipinski definition) is 0. The van der Waals surface area contributed by atoms with Crippen LogP contribution in [0.3, 0.4) is 0 Å². The molecule has 0 unspecified atom stereocenters. The molecule has 0 saturated heterocycles. The third-order valence-corrected chi connectivity index (χ3v) is 7.45. The zero-order valence-corrected chi connectivity index (χ0v) is 16.7. The van der Waals surface area contributed by atoms with E-state index in [2.05, 4.69) is 11.1 Å². The van der Waals surface area contributed by atoms with Gasteiger partial charge in [0, 0.05) is 23.6 Å². The SMILES string of the molecule is CS(=O)(=O)c1ccc2nc(N(CCc3cccs3)C(=O)C3CC3)sc2c1. The fourth-order valence-electron chi connectivity index (χ4n) is 2.77. The molecule has 2 aromatic heterocycles. The summed E-state index contributed by atoms with van der Waals surface area (Å²) in [5.41, 5.74) is 0.724. The molecule has 1 aromatic carbocycles. The van der Waals surface area contributed by atoms with E-state index >= 15 is 0 Å². The first-order valence-electron chi connectivity index (χ1n) is 8.36. The van der Waals surface area contributed by atoms with Crippen LogP contribution >= 0.6 is 22.7 Å². The molecule has 4 rings (SSSR count). The molecule has 8 heteroatoms. The van der Waals surface area contributed by atoms with Crippen molar-refractivity contribution in [1.82, 2.24) is 4.98 Å². The van der Waals surface area contributed by atoms with Gasteiger partial charge >= 0.3 is 0 Å². The average molecular weight is 407 g/mol. The number of carbonyl (C=O) groups excluding carboxylic acids is 1. The van der Waals surface area contributed by atoms with E-state index in [1.54, 1.807) is 34.4 Å². The highest BCUT2D eigenvalue weighted by atomic mass is 32.2. The molecule has 0 bridgehead atoms. The Balaban J connectivity index is 1.66. The number of hydrogen-bond acceptors (Lipinski definition) is 6. The lowest BCUT2D eigenvalue weighted by Gasteiger charge is -2.19. The smallest absolute Gasteiger partial charge is 0.231 e. The highest BCUT2D eigenvalue weighted by Crippen LogP contribution is 2.36. The minimum atomic E-state index is -3.27. The topological polar surface area (TPSA) is 67.3 Å². The van der Waals surface area contributed by atoms with Crippen molar-refractivity contribution in [2.45, 2.75) is 24.2 Å². The number of benzene rings is 1. The Morgan fingerprint density at radius 2 is 2.12 bits per heavy atom. The van der Waals surface area contributed by atoms with Crippen LogP contribution in [-0.4, -0.2) is 32.1 Å². The van der Waals surface area contributed by atoms with Crippen molar-refractivity contribution in [1.29, 1.82) is 0 Å². The summed E-state index contributed by atoms with van der Waals surface area (Å²) in [5.74, 6) is 0.237. The van der Waals surface area contributed by atoms with Gasteiger partial charge in [0.1, 0.15) is 0 Å².